The van der Waals surface area contributed by atoms with Gasteiger partial charge in [0.1, 0.15) is 17.8 Å². The minimum Gasteiger partial charge on any atom is -0.496 e. The highest BCUT2D eigenvalue weighted by Gasteiger charge is 2.48. The van der Waals surface area contributed by atoms with Gasteiger partial charge in [0.2, 0.25) is 17.7 Å². The summed E-state index contributed by atoms with van der Waals surface area (Å²) in [7, 11) is -3.37. The molecule has 2 aromatic heterocycles. The fraction of sp³-hybridized carbons (Fsp3) is 0.515. The Morgan fingerprint density at radius 1 is 1.17 bits per heavy atom. The Labute approximate surface area is 276 Å². The second-order valence-electron chi connectivity index (χ2n) is 12.9. The highest BCUT2D eigenvalue weighted by Crippen LogP contribution is 2.53. The number of fused-ring (bicyclic) bond motifs is 2. The van der Waals surface area contributed by atoms with Gasteiger partial charge in [-0.3, -0.25) is 23.9 Å². The number of pyridine rings is 1. The normalized spacial score (nSPS) is 24.3. The average molecular weight is 687 g/mol. The molecule has 6 rings (SSSR count). The van der Waals surface area contributed by atoms with Gasteiger partial charge in [0.25, 0.3) is 5.91 Å². The maximum absolute atomic E-state index is 14.3. The van der Waals surface area contributed by atoms with Crippen LogP contribution < -0.4 is 10.1 Å². The number of rotatable bonds is 9. The van der Waals surface area contributed by atoms with E-state index in [9.17, 15) is 33.1 Å². The molecule has 0 saturated carbocycles. The number of likely N-dealkylation sites (tertiary alicyclic amines) is 1. The number of aromatic nitrogens is 1. The summed E-state index contributed by atoms with van der Waals surface area (Å²) in [5.74, 6) is -2.02. The Kier molecular flexibility index (Phi) is 9.71. The minimum absolute atomic E-state index is 0.0700. The standard InChI is InChI=1S/C33H40FN4O7PS/c1-3-4-19-5-8-25(36-31(39)29-15-21-14-20(6-10-28(21)47-29)30(34)46(42,43)44)32(40)38-23(13-19)7-9-26(38)33(41)37-17-22(18-37)24-16-35-12-11-27(24)45-2/h6,10-12,14-16,19,22-23,25-26,30H,3-5,7-9,13,17-18H2,1-2H3,(H,36,39)(H2,42,43,44)/t19-,23-,25+,26+,30?/m1/s1. The van der Waals surface area contributed by atoms with Crippen LogP contribution in [-0.4, -0.2) is 80.6 Å². The largest absolute Gasteiger partial charge is 0.496 e. The molecule has 252 valence electrons. The van der Waals surface area contributed by atoms with E-state index in [1.807, 2.05) is 6.07 Å². The number of nitrogens with zero attached hydrogens (tertiary/aromatic N) is 3. The SMILES string of the molecule is CCC[C@@H]1CC[C@H](NC(=O)c2cc3cc(C(F)P(=O)(O)O)ccc3s2)C(=O)N2[C@H](CC[C@H]2C(=O)N2CC(c3cnccc3OC)C2)C1. The molecular formula is C33H40FN4O7PS. The maximum atomic E-state index is 14.3. The van der Waals surface area contributed by atoms with Crippen molar-refractivity contribution in [2.75, 3.05) is 20.2 Å². The Morgan fingerprint density at radius 2 is 1.96 bits per heavy atom. The van der Waals surface area contributed by atoms with E-state index in [2.05, 4.69) is 17.2 Å². The van der Waals surface area contributed by atoms with Crippen LogP contribution in [0.2, 0.25) is 0 Å². The van der Waals surface area contributed by atoms with E-state index < -0.39 is 31.5 Å². The summed E-state index contributed by atoms with van der Waals surface area (Å²) < 4.78 is 31.9. The zero-order valence-electron chi connectivity index (χ0n) is 26.4. The van der Waals surface area contributed by atoms with Crippen LogP contribution >= 0.6 is 18.9 Å². The summed E-state index contributed by atoms with van der Waals surface area (Å²) in [6.07, 6.45) is 8.83. The minimum atomic E-state index is -4.98. The van der Waals surface area contributed by atoms with E-state index in [1.165, 1.54) is 18.2 Å². The smallest absolute Gasteiger partial charge is 0.363 e. The van der Waals surface area contributed by atoms with Gasteiger partial charge in [-0.1, -0.05) is 25.8 Å². The molecule has 14 heteroatoms. The summed E-state index contributed by atoms with van der Waals surface area (Å²) in [6, 6.07) is 6.04. The molecule has 1 aromatic carbocycles. The molecule has 1 unspecified atom stereocenters. The Hall–Kier alpha value is -3.38. The number of alkyl halides is 1. The molecule has 0 spiro atoms. The van der Waals surface area contributed by atoms with Gasteiger partial charge in [0, 0.05) is 47.7 Å². The summed E-state index contributed by atoms with van der Waals surface area (Å²) in [4.78, 5) is 68.2. The summed E-state index contributed by atoms with van der Waals surface area (Å²) in [6.45, 7) is 3.18. The maximum Gasteiger partial charge on any atom is 0.363 e. The van der Waals surface area contributed by atoms with E-state index in [0.717, 1.165) is 54.8 Å². The first-order chi connectivity index (χ1) is 22.5. The third-order valence-corrected chi connectivity index (χ3v) is 11.8. The van der Waals surface area contributed by atoms with Crippen LogP contribution in [0.3, 0.4) is 0 Å². The van der Waals surface area contributed by atoms with Crippen LogP contribution in [-0.2, 0) is 14.2 Å². The number of benzene rings is 1. The summed E-state index contributed by atoms with van der Waals surface area (Å²) >= 11 is 1.15. The average Bonchev–Trinajstić information content (AvgIpc) is 3.64. The number of amides is 3. The van der Waals surface area contributed by atoms with E-state index in [-0.39, 0.29) is 29.3 Å². The van der Waals surface area contributed by atoms with Crippen molar-refractivity contribution in [1.82, 2.24) is 20.1 Å². The number of carbonyl (C=O) groups is 3. The molecule has 3 aliphatic rings. The number of halogens is 1. The van der Waals surface area contributed by atoms with Crippen molar-refractivity contribution < 1.29 is 37.9 Å². The van der Waals surface area contributed by atoms with Crippen molar-refractivity contribution in [3.05, 3.63) is 58.7 Å². The molecule has 0 radical (unpaired) electrons. The van der Waals surface area contributed by atoms with Crippen LogP contribution in [0.1, 0.15) is 84.5 Å². The molecule has 3 aliphatic heterocycles. The van der Waals surface area contributed by atoms with Crippen molar-refractivity contribution in [3.8, 4) is 5.75 Å². The third kappa shape index (κ3) is 6.81. The number of carbonyl (C=O) groups excluding carboxylic acids is 3. The predicted octanol–water partition coefficient (Wildman–Crippen LogP) is 5.13. The van der Waals surface area contributed by atoms with Crippen LogP contribution in [0.25, 0.3) is 10.1 Å². The van der Waals surface area contributed by atoms with Gasteiger partial charge in [0.15, 0.2) is 0 Å². The molecule has 3 aromatic rings. The molecule has 5 atom stereocenters. The molecule has 3 saturated heterocycles. The topological polar surface area (TPSA) is 149 Å². The number of nitrogens with one attached hydrogen (secondary N) is 1. The molecule has 0 bridgehead atoms. The molecule has 3 N–H and O–H groups in total. The van der Waals surface area contributed by atoms with Gasteiger partial charge < -0.3 is 29.6 Å². The molecule has 0 aliphatic carbocycles. The van der Waals surface area contributed by atoms with Crippen LogP contribution in [0, 0.1) is 5.92 Å². The lowest BCUT2D eigenvalue weighted by Crippen LogP contribution is -2.60. The van der Waals surface area contributed by atoms with Gasteiger partial charge in [-0.2, -0.15) is 0 Å². The van der Waals surface area contributed by atoms with Gasteiger partial charge in [0.05, 0.1) is 12.0 Å². The number of hydrogen-bond acceptors (Lipinski definition) is 7. The van der Waals surface area contributed by atoms with E-state index in [4.69, 9.17) is 4.74 Å². The molecule has 11 nitrogen and oxygen atoms in total. The van der Waals surface area contributed by atoms with Crippen molar-refractivity contribution >= 4 is 46.7 Å². The first-order valence-electron chi connectivity index (χ1n) is 16.1. The van der Waals surface area contributed by atoms with Gasteiger partial charge in [-0.25, -0.2) is 4.39 Å². The fourth-order valence-corrected chi connectivity index (χ4v) is 8.90. The lowest BCUT2D eigenvalue weighted by atomic mass is 9.86. The van der Waals surface area contributed by atoms with Crippen LogP contribution in [0.4, 0.5) is 4.39 Å². The second kappa shape index (κ2) is 13.6. The second-order valence-corrected chi connectivity index (χ2v) is 15.6. The molecular weight excluding hydrogens is 646 g/mol. The van der Waals surface area contributed by atoms with E-state index in [0.29, 0.717) is 46.8 Å². The first-order valence-corrected chi connectivity index (χ1v) is 18.6. The summed E-state index contributed by atoms with van der Waals surface area (Å²) in [5, 5.41) is 3.42. The predicted molar refractivity (Wildman–Crippen MR) is 175 cm³/mol. The molecule has 5 heterocycles. The number of thiophene rings is 1. The van der Waals surface area contributed by atoms with Crippen LogP contribution in [0.15, 0.2) is 42.7 Å². The molecule has 47 heavy (non-hydrogen) atoms. The van der Waals surface area contributed by atoms with Gasteiger partial charge >= 0.3 is 7.60 Å². The van der Waals surface area contributed by atoms with E-state index in [1.54, 1.807) is 35.4 Å². The third-order valence-electron chi connectivity index (χ3n) is 9.81. The highest BCUT2D eigenvalue weighted by atomic mass is 32.1. The van der Waals surface area contributed by atoms with Crippen molar-refractivity contribution in [2.45, 2.75) is 81.8 Å². The quantitative estimate of drug-likeness (QED) is 0.262. The number of ether oxygens (including phenoxy) is 1. The van der Waals surface area contributed by atoms with E-state index >= 15 is 0 Å². The van der Waals surface area contributed by atoms with Crippen molar-refractivity contribution in [1.29, 1.82) is 0 Å². The molecule has 3 fully saturated rings. The Morgan fingerprint density at radius 3 is 2.68 bits per heavy atom. The fourth-order valence-electron chi connectivity index (χ4n) is 7.40. The highest BCUT2D eigenvalue weighted by molar-refractivity contribution is 7.51. The monoisotopic (exact) mass is 686 g/mol. The van der Waals surface area contributed by atoms with Gasteiger partial charge in [-0.05, 0) is 73.2 Å². The number of methoxy groups -OCH3 is 1. The zero-order valence-corrected chi connectivity index (χ0v) is 28.1. The number of hydrogen-bond donors (Lipinski definition) is 3. The van der Waals surface area contributed by atoms with Gasteiger partial charge in [-0.15, -0.1) is 11.3 Å². The van der Waals surface area contributed by atoms with Crippen molar-refractivity contribution in [2.24, 2.45) is 5.92 Å². The zero-order chi connectivity index (χ0) is 33.5. The molecule has 3 amide bonds. The van der Waals surface area contributed by atoms with Crippen molar-refractivity contribution in [3.63, 3.8) is 0 Å². The Bertz CT molecular complexity index is 1710. The lowest BCUT2D eigenvalue weighted by Gasteiger charge is -2.43. The summed E-state index contributed by atoms with van der Waals surface area (Å²) in [5.41, 5.74) is 0.788. The van der Waals surface area contributed by atoms with Crippen LogP contribution in [0.5, 0.6) is 5.75 Å². The first kappa shape index (κ1) is 33.5. The Balaban J connectivity index is 1.19. The lowest BCUT2D eigenvalue weighted by molar-refractivity contribution is -0.150.